The Hall–Kier alpha value is -2.72. The average molecular weight is 475 g/mol. The first-order valence-electron chi connectivity index (χ1n) is 11.2. The molecular weight excluding hydrogens is 444 g/mol. The number of benzene rings is 1. The van der Waals surface area contributed by atoms with Crippen molar-refractivity contribution in [2.45, 2.75) is 44.9 Å². The lowest BCUT2D eigenvalue weighted by Crippen LogP contribution is -2.45. The van der Waals surface area contributed by atoms with Gasteiger partial charge in [-0.15, -0.1) is 0 Å². The molecule has 0 bridgehead atoms. The van der Waals surface area contributed by atoms with E-state index in [1.54, 1.807) is 30.9 Å². The zero-order valence-electron chi connectivity index (χ0n) is 19.3. The predicted molar refractivity (Wildman–Crippen MR) is 121 cm³/mol. The molecule has 33 heavy (non-hydrogen) atoms. The molecule has 0 radical (unpaired) electrons. The molecule has 1 aromatic carbocycles. The van der Waals surface area contributed by atoms with Gasteiger partial charge < -0.3 is 14.3 Å². The van der Waals surface area contributed by atoms with Gasteiger partial charge in [-0.2, -0.15) is 0 Å². The molecule has 178 valence electrons. The number of hydrogen-bond acceptors (Lipinski definition) is 6. The molecule has 2 aliphatic heterocycles. The average Bonchev–Trinajstić information content (AvgIpc) is 3.35. The Kier molecular flexibility index (Phi) is 6.32. The molecule has 1 spiro atoms. The molecule has 0 atom stereocenters. The van der Waals surface area contributed by atoms with Crippen LogP contribution < -0.4 is 4.72 Å². The first-order chi connectivity index (χ1) is 15.6. The molecule has 0 saturated carbocycles. The van der Waals surface area contributed by atoms with Crippen molar-refractivity contribution in [1.82, 2.24) is 19.7 Å². The first-order valence-corrected chi connectivity index (χ1v) is 12.6. The van der Waals surface area contributed by atoms with Gasteiger partial charge in [0.25, 0.3) is 5.91 Å². The zero-order chi connectivity index (χ0) is 23.8. The van der Waals surface area contributed by atoms with Gasteiger partial charge in [-0.05, 0) is 57.6 Å². The van der Waals surface area contributed by atoms with Gasteiger partial charge in [0.15, 0.2) is 0 Å². The second-order valence-corrected chi connectivity index (χ2v) is 11.0. The van der Waals surface area contributed by atoms with Crippen LogP contribution in [0.25, 0.3) is 0 Å². The molecule has 2 saturated heterocycles. The minimum atomic E-state index is -3.73. The summed E-state index contributed by atoms with van der Waals surface area (Å²) in [6, 6.07) is 6.52. The summed E-state index contributed by atoms with van der Waals surface area (Å²) in [7, 11) is -3.73. The number of piperidine rings is 1. The molecule has 0 unspecified atom stereocenters. The van der Waals surface area contributed by atoms with Crippen LogP contribution in [0.3, 0.4) is 0 Å². The summed E-state index contributed by atoms with van der Waals surface area (Å²) in [6.45, 7) is 7.55. The molecule has 1 N–H and O–H groups in total. The van der Waals surface area contributed by atoms with Crippen molar-refractivity contribution >= 4 is 21.8 Å². The molecule has 10 heteroatoms. The van der Waals surface area contributed by atoms with Gasteiger partial charge in [-0.1, -0.05) is 22.9 Å². The molecule has 4 rings (SSSR count). The van der Waals surface area contributed by atoms with Crippen LogP contribution in [0.15, 0.2) is 33.7 Å². The summed E-state index contributed by atoms with van der Waals surface area (Å²) in [5.74, 6) is 0.248. The van der Waals surface area contributed by atoms with E-state index in [0.29, 0.717) is 43.2 Å². The number of carbonyl (C=O) groups is 2. The number of hydrogen-bond donors (Lipinski definition) is 1. The highest BCUT2D eigenvalue weighted by molar-refractivity contribution is 7.89. The second kappa shape index (κ2) is 8.90. The van der Waals surface area contributed by atoms with Crippen molar-refractivity contribution in [3.63, 3.8) is 0 Å². The second-order valence-electron chi connectivity index (χ2n) is 9.19. The lowest BCUT2D eigenvalue weighted by molar-refractivity contribution is -0.129. The van der Waals surface area contributed by atoms with E-state index >= 15 is 0 Å². The van der Waals surface area contributed by atoms with Crippen molar-refractivity contribution in [2.75, 3.05) is 32.7 Å². The third-order valence-corrected chi connectivity index (χ3v) is 8.31. The fraction of sp³-hybridized carbons (Fsp3) is 0.522. The molecule has 3 heterocycles. The largest absolute Gasteiger partial charge is 0.361 e. The van der Waals surface area contributed by atoms with Gasteiger partial charge in [0, 0.05) is 26.2 Å². The van der Waals surface area contributed by atoms with Crippen molar-refractivity contribution in [3.8, 4) is 0 Å². The van der Waals surface area contributed by atoms with Gasteiger partial charge in [-0.25, -0.2) is 13.1 Å². The zero-order valence-corrected chi connectivity index (χ0v) is 20.1. The van der Waals surface area contributed by atoms with E-state index in [0.717, 1.165) is 24.8 Å². The number of aromatic nitrogens is 1. The Morgan fingerprint density at radius 1 is 1.03 bits per heavy atom. The van der Waals surface area contributed by atoms with Gasteiger partial charge in [-0.3, -0.25) is 9.59 Å². The molecule has 1 aromatic heterocycles. The van der Waals surface area contributed by atoms with Crippen LogP contribution >= 0.6 is 0 Å². The fourth-order valence-corrected chi connectivity index (χ4v) is 5.73. The highest BCUT2D eigenvalue weighted by Crippen LogP contribution is 2.40. The Bertz CT molecular complexity index is 1130. The van der Waals surface area contributed by atoms with E-state index in [9.17, 15) is 18.0 Å². The fourth-order valence-electron chi connectivity index (χ4n) is 4.76. The number of sulfonamides is 1. The van der Waals surface area contributed by atoms with Gasteiger partial charge in [0.2, 0.25) is 15.9 Å². The van der Waals surface area contributed by atoms with Crippen LogP contribution in [-0.2, 0) is 14.8 Å². The van der Waals surface area contributed by atoms with E-state index in [4.69, 9.17) is 4.52 Å². The third kappa shape index (κ3) is 4.81. The summed E-state index contributed by atoms with van der Waals surface area (Å²) in [4.78, 5) is 29.3. The van der Waals surface area contributed by atoms with Crippen LogP contribution in [0.5, 0.6) is 0 Å². The van der Waals surface area contributed by atoms with Gasteiger partial charge >= 0.3 is 0 Å². The number of nitrogens with one attached hydrogen (secondary N) is 1. The molecule has 9 nitrogen and oxygen atoms in total. The molecule has 0 aliphatic carbocycles. The molecule has 2 aromatic rings. The Morgan fingerprint density at radius 3 is 2.21 bits per heavy atom. The molecule has 2 amide bonds. The lowest BCUT2D eigenvalue weighted by Gasteiger charge is -2.39. The van der Waals surface area contributed by atoms with Gasteiger partial charge in [0.05, 0.1) is 17.1 Å². The number of rotatable bonds is 5. The number of nitrogens with zero attached hydrogens (tertiary/aromatic N) is 3. The van der Waals surface area contributed by atoms with E-state index in [1.807, 2.05) is 11.8 Å². The number of carbonyl (C=O) groups excluding carboxylic acids is 2. The van der Waals surface area contributed by atoms with E-state index in [1.165, 1.54) is 12.1 Å². The van der Waals surface area contributed by atoms with Gasteiger partial charge in [0.1, 0.15) is 11.3 Å². The summed E-state index contributed by atoms with van der Waals surface area (Å²) < 4.78 is 32.5. The number of aryl methyl sites for hydroxylation is 3. The van der Waals surface area contributed by atoms with Crippen molar-refractivity contribution < 1.29 is 22.5 Å². The predicted octanol–water partition coefficient (Wildman–Crippen LogP) is 2.03. The third-order valence-electron chi connectivity index (χ3n) is 6.89. The Balaban J connectivity index is 1.31. The van der Waals surface area contributed by atoms with Crippen LogP contribution in [0.2, 0.25) is 0 Å². The van der Waals surface area contributed by atoms with Crippen LogP contribution in [0.4, 0.5) is 0 Å². The van der Waals surface area contributed by atoms with E-state index in [2.05, 4.69) is 9.88 Å². The van der Waals surface area contributed by atoms with E-state index in [-0.39, 0.29) is 28.7 Å². The molecule has 2 aliphatic rings. The molecular formula is C23H30N4O5S. The Morgan fingerprint density at radius 2 is 1.64 bits per heavy atom. The number of amides is 2. The minimum Gasteiger partial charge on any atom is -0.361 e. The van der Waals surface area contributed by atoms with E-state index < -0.39 is 10.0 Å². The van der Waals surface area contributed by atoms with Crippen LogP contribution in [-0.4, -0.2) is 67.9 Å². The maximum atomic E-state index is 12.9. The summed E-state index contributed by atoms with van der Waals surface area (Å²) in [5, 5.41) is 3.87. The SMILES string of the molecule is Cc1ccc(S(=O)(=O)NCC(=O)N2CCC3(CCN(C(=O)c4c(C)noc4C)CC3)C2)cc1. The topological polar surface area (TPSA) is 113 Å². The lowest BCUT2D eigenvalue weighted by atomic mass is 9.77. The monoisotopic (exact) mass is 474 g/mol. The van der Waals surface area contributed by atoms with Crippen molar-refractivity contribution in [2.24, 2.45) is 5.41 Å². The van der Waals surface area contributed by atoms with Crippen LogP contribution in [0, 0.1) is 26.2 Å². The highest BCUT2D eigenvalue weighted by atomic mass is 32.2. The normalized spacial score (nSPS) is 18.2. The maximum Gasteiger partial charge on any atom is 0.259 e. The number of likely N-dealkylation sites (tertiary alicyclic amines) is 2. The smallest absolute Gasteiger partial charge is 0.259 e. The van der Waals surface area contributed by atoms with Crippen molar-refractivity contribution in [1.29, 1.82) is 0 Å². The Labute approximate surface area is 194 Å². The summed E-state index contributed by atoms with van der Waals surface area (Å²) in [6.07, 6.45) is 2.47. The maximum absolute atomic E-state index is 12.9. The van der Waals surface area contributed by atoms with Crippen LogP contribution in [0.1, 0.15) is 46.6 Å². The minimum absolute atomic E-state index is 0.0268. The van der Waals surface area contributed by atoms with Crippen molar-refractivity contribution in [3.05, 3.63) is 46.8 Å². The quantitative estimate of drug-likeness (QED) is 0.710. The molecule has 2 fully saturated rings. The summed E-state index contributed by atoms with van der Waals surface area (Å²) >= 11 is 0. The standard InChI is InChI=1S/C23H30N4O5S/c1-16-4-6-19(7-5-16)33(30,31)24-14-20(28)27-13-10-23(15-27)8-11-26(12-9-23)22(29)21-17(2)25-32-18(21)3/h4-7,24H,8-15H2,1-3H3. The first kappa shape index (κ1) is 23.4. The summed E-state index contributed by atoms with van der Waals surface area (Å²) in [5.41, 5.74) is 2.08. The highest BCUT2D eigenvalue weighted by Gasteiger charge is 2.43.